The van der Waals surface area contributed by atoms with E-state index in [0.29, 0.717) is 12.1 Å². The molecule has 1 rings (SSSR count). The predicted octanol–water partition coefficient (Wildman–Crippen LogP) is 3.15. The molecule has 0 aliphatic rings. The lowest BCUT2D eigenvalue weighted by molar-refractivity contribution is -0.138. The molecule has 2 N–H and O–H groups in total. The van der Waals surface area contributed by atoms with Gasteiger partial charge in [-0.2, -0.15) is 13.2 Å². The lowest BCUT2D eigenvalue weighted by Crippen LogP contribution is -2.23. The smallest absolute Gasteiger partial charge is 0.330 e. The molecule has 96 valence electrons. The van der Waals surface area contributed by atoms with Crippen LogP contribution in [0.4, 0.5) is 26.3 Å². The van der Waals surface area contributed by atoms with E-state index in [1.807, 2.05) is 0 Å². The lowest BCUT2D eigenvalue weighted by atomic mass is 9.94. The monoisotopic (exact) mass is 257 g/mol. The van der Waals surface area contributed by atoms with E-state index in [4.69, 9.17) is 5.73 Å². The van der Waals surface area contributed by atoms with Crippen molar-refractivity contribution in [1.82, 2.24) is 0 Å². The average molecular weight is 257 g/mol. The molecule has 0 aliphatic carbocycles. The summed E-state index contributed by atoms with van der Waals surface area (Å²) in [7, 11) is 0. The van der Waals surface area contributed by atoms with E-state index in [0.717, 1.165) is 0 Å². The van der Waals surface area contributed by atoms with Crippen LogP contribution in [0.1, 0.15) is 17.0 Å². The minimum Gasteiger partial charge on any atom is -0.330 e. The van der Waals surface area contributed by atoms with Gasteiger partial charge in [0.1, 0.15) is 5.82 Å². The van der Waals surface area contributed by atoms with Crippen LogP contribution < -0.4 is 5.73 Å². The van der Waals surface area contributed by atoms with Gasteiger partial charge >= 0.3 is 6.18 Å². The van der Waals surface area contributed by atoms with Crippen LogP contribution in [-0.4, -0.2) is 13.0 Å². The molecule has 1 aromatic rings. The maximum atomic E-state index is 12.7. The molecular formula is C10H9F6N. The predicted molar refractivity (Wildman–Crippen MR) is 49.2 cm³/mol. The third kappa shape index (κ3) is 3.12. The Morgan fingerprint density at radius 2 is 1.76 bits per heavy atom. The van der Waals surface area contributed by atoms with Gasteiger partial charge in [0.25, 0.3) is 0 Å². The van der Waals surface area contributed by atoms with Crippen molar-refractivity contribution in [3.05, 3.63) is 35.1 Å². The van der Waals surface area contributed by atoms with Crippen LogP contribution in [0.5, 0.6) is 0 Å². The Hall–Kier alpha value is -1.24. The molecule has 0 heterocycles. The molecule has 1 nitrogen and oxygen atoms in total. The quantitative estimate of drug-likeness (QED) is 0.827. The van der Waals surface area contributed by atoms with E-state index >= 15 is 0 Å². The van der Waals surface area contributed by atoms with Gasteiger partial charge in [-0.1, -0.05) is 6.07 Å². The highest BCUT2D eigenvalue weighted by atomic mass is 19.4. The van der Waals surface area contributed by atoms with E-state index in [-0.39, 0.29) is 6.07 Å². The summed E-state index contributed by atoms with van der Waals surface area (Å²) in [6.45, 7) is -0.646. The summed E-state index contributed by atoms with van der Waals surface area (Å²) in [6.07, 6.45) is -7.92. The van der Waals surface area contributed by atoms with Crippen molar-refractivity contribution in [2.45, 2.75) is 18.5 Å². The molecule has 0 spiro atoms. The molecule has 0 amide bonds. The molecule has 0 saturated heterocycles. The van der Waals surface area contributed by atoms with Crippen LogP contribution in [0.15, 0.2) is 18.2 Å². The number of halogens is 6. The molecule has 17 heavy (non-hydrogen) atoms. The molecule has 7 heteroatoms. The lowest BCUT2D eigenvalue weighted by Gasteiger charge is -2.19. The van der Waals surface area contributed by atoms with E-state index in [9.17, 15) is 26.3 Å². The average Bonchev–Trinajstić information content (AvgIpc) is 2.19. The molecule has 0 aromatic heterocycles. The first-order chi connectivity index (χ1) is 7.77. The van der Waals surface area contributed by atoms with Crippen molar-refractivity contribution in [2.75, 3.05) is 6.54 Å². The summed E-state index contributed by atoms with van der Waals surface area (Å²) in [5.74, 6) is -2.89. The van der Waals surface area contributed by atoms with Gasteiger partial charge in [-0.15, -0.1) is 0 Å². The van der Waals surface area contributed by atoms with E-state index < -0.39 is 42.0 Å². The molecule has 0 aliphatic heterocycles. The number of alkyl halides is 5. The van der Waals surface area contributed by atoms with Crippen molar-refractivity contribution >= 4 is 0 Å². The van der Waals surface area contributed by atoms with Crippen molar-refractivity contribution in [1.29, 1.82) is 0 Å². The standard InChI is InChI=1S/C10H9F6N/c11-5-1-2-6(7(4-17)9(12)13)8(3-5)10(14,15)16/h1-3,7,9H,4,17H2. The van der Waals surface area contributed by atoms with Crippen molar-refractivity contribution in [3.63, 3.8) is 0 Å². The van der Waals surface area contributed by atoms with Gasteiger partial charge in [0, 0.05) is 6.54 Å². The minimum absolute atomic E-state index is 0.195. The number of rotatable bonds is 3. The summed E-state index contributed by atoms with van der Waals surface area (Å²) in [5, 5.41) is 0. The molecule has 0 fully saturated rings. The number of hydrogen-bond donors (Lipinski definition) is 1. The zero-order chi connectivity index (χ0) is 13.2. The van der Waals surface area contributed by atoms with Gasteiger partial charge in [-0.25, -0.2) is 13.2 Å². The van der Waals surface area contributed by atoms with Crippen molar-refractivity contribution in [2.24, 2.45) is 5.73 Å². The fraction of sp³-hybridized carbons (Fsp3) is 0.400. The van der Waals surface area contributed by atoms with Gasteiger partial charge < -0.3 is 5.73 Å². The minimum atomic E-state index is -4.89. The second kappa shape index (κ2) is 4.95. The topological polar surface area (TPSA) is 26.0 Å². The summed E-state index contributed by atoms with van der Waals surface area (Å²) in [5.41, 5.74) is 2.92. The van der Waals surface area contributed by atoms with Crippen LogP contribution in [0.2, 0.25) is 0 Å². The Bertz CT molecular complexity index is 387. The van der Waals surface area contributed by atoms with E-state index in [1.165, 1.54) is 0 Å². The number of nitrogens with two attached hydrogens (primary N) is 1. The zero-order valence-corrected chi connectivity index (χ0v) is 8.44. The second-order valence-electron chi connectivity index (χ2n) is 3.41. The Morgan fingerprint density at radius 1 is 1.18 bits per heavy atom. The molecule has 1 aromatic carbocycles. The number of hydrogen-bond acceptors (Lipinski definition) is 1. The van der Waals surface area contributed by atoms with Crippen LogP contribution >= 0.6 is 0 Å². The first-order valence-electron chi connectivity index (χ1n) is 4.62. The molecule has 1 unspecified atom stereocenters. The summed E-state index contributed by atoms with van der Waals surface area (Å²) >= 11 is 0. The first-order valence-corrected chi connectivity index (χ1v) is 4.62. The second-order valence-corrected chi connectivity index (χ2v) is 3.41. The first kappa shape index (κ1) is 13.8. The molecule has 1 atom stereocenters. The van der Waals surface area contributed by atoms with Crippen LogP contribution in [0.25, 0.3) is 0 Å². The van der Waals surface area contributed by atoms with E-state index in [2.05, 4.69) is 0 Å². The number of benzene rings is 1. The normalized spacial score (nSPS) is 14.1. The third-order valence-corrected chi connectivity index (χ3v) is 2.28. The zero-order valence-electron chi connectivity index (χ0n) is 8.44. The van der Waals surface area contributed by atoms with Gasteiger partial charge in [0.2, 0.25) is 6.43 Å². The fourth-order valence-corrected chi connectivity index (χ4v) is 1.46. The van der Waals surface area contributed by atoms with Crippen LogP contribution in [-0.2, 0) is 6.18 Å². The largest absolute Gasteiger partial charge is 0.416 e. The Balaban J connectivity index is 3.32. The Kier molecular flexibility index (Phi) is 4.03. The fourth-order valence-electron chi connectivity index (χ4n) is 1.46. The van der Waals surface area contributed by atoms with Crippen LogP contribution in [0, 0.1) is 5.82 Å². The Labute approximate surface area is 93.2 Å². The van der Waals surface area contributed by atoms with E-state index in [1.54, 1.807) is 0 Å². The van der Waals surface area contributed by atoms with Crippen molar-refractivity contribution in [3.8, 4) is 0 Å². The molecule has 0 saturated carbocycles. The van der Waals surface area contributed by atoms with Gasteiger partial charge in [0.05, 0.1) is 11.5 Å². The SMILES string of the molecule is NCC(c1ccc(F)cc1C(F)(F)F)C(F)F. The molecule has 0 radical (unpaired) electrons. The maximum absolute atomic E-state index is 12.7. The highest BCUT2D eigenvalue weighted by Crippen LogP contribution is 2.37. The Morgan fingerprint density at radius 3 is 2.18 bits per heavy atom. The van der Waals surface area contributed by atoms with Crippen LogP contribution in [0.3, 0.4) is 0 Å². The van der Waals surface area contributed by atoms with Gasteiger partial charge in [-0.3, -0.25) is 0 Å². The summed E-state index contributed by atoms with van der Waals surface area (Å²) in [4.78, 5) is 0. The highest BCUT2D eigenvalue weighted by Gasteiger charge is 2.37. The molecule has 0 bridgehead atoms. The highest BCUT2D eigenvalue weighted by molar-refractivity contribution is 5.34. The maximum Gasteiger partial charge on any atom is 0.416 e. The van der Waals surface area contributed by atoms with Crippen molar-refractivity contribution < 1.29 is 26.3 Å². The summed E-state index contributed by atoms with van der Waals surface area (Å²) < 4.78 is 75.4. The van der Waals surface area contributed by atoms with Gasteiger partial charge in [-0.05, 0) is 17.7 Å². The third-order valence-electron chi connectivity index (χ3n) is 2.28. The summed E-state index contributed by atoms with van der Waals surface area (Å²) in [6, 6.07) is 1.60. The van der Waals surface area contributed by atoms with Gasteiger partial charge in [0.15, 0.2) is 0 Å². The molecular weight excluding hydrogens is 248 g/mol.